The highest BCUT2D eigenvalue weighted by atomic mass is 15.2. The monoisotopic (exact) mass is 280 g/mol. The zero-order chi connectivity index (χ0) is 14.7. The Morgan fingerprint density at radius 1 is 1.33 bits per heavy atom. The van der Waals surface area contributed by atoms with Gasteiger partial charge in [-0.25, -0.2) is 0 Å². The van der Waals surface area contributed by atoms with Crippen molar-refractivity contribution in [2.24, 2.45) is 0 Å². The van der Waals surface area contributed by atoms with Gasteiger partial charge in [0.2, 0.25) is 0 Å². The number of nitrogens with one attached hydrogen (secondary N) is 1. The summed E-state index contributed by atoms with van der Waals surface area (Å²) in [6.07, 6.45) is 4.27. The topological polar surface area (TPSA) is 55.7 Å². The van der Waals surface area contributed by atoms with Crippen LogP contribution in [-0.4, -0.2) is 28.2 Å². The van der Waals surface area contributed by atoms with Crippen molar-refractivity contribution < 1.29 is 0 Å². The molecule has 1 fully saturated rings. The lowest BCUT2D eigenvalue weighted by molar-refractivity contribution is 0.157. The average Bonchev–Trinajstić information content (AvgIpc) is 3.09. The first-order valence-corrected chi connectivity index (χ1v) is 7.51. The number of piperidine rings is 1. The van der Waals surface area contributed by atoms with Crippen molar-refractivity contribution in [2.45, 2.75) is 31.7 Å². The second-order valence-corrected chi connectivity index (χ2v) is 5.76. The van der Waals surface area contributed by atoms with Gasteiger partial charge in [-0.05, 0) is 50.1 Å². The normalized spacial score (nSPS) is 20.9. The van der Waals surface area contributed by atoms with E-state index in [1.165, 1.54) is 24.1 Å². The van der Waals surface area contributed by atoms with E-state index in [4.69, 9.17) is 5.26 Å². The smallest absolute Gasteiger partial charge is 0.0991 e. The standard InChI is InChI=1S/C17H20N4/c1-13(15-6-4-14(11-18)5-7-15)21-10-2-3-16(12-21)17-8-9-19-20-17/h4-9,13,16H,2-3,10,12H2,1H3,(H,19,20). The van der Waals surface area contributed by atoms with E-state index in [9.17, 15) is 0 Å². The van der Waals surface area contributed by atoms with E-state index in [1.807, 2.05) is 18.3 Å². The molecular formula is C17H20N4. The van der Waals surface area contributed by atoms with Crippen LogP contribution in [0.15, 0.2) is 36.5 Å². The predicted octanol–water partition coefficient (Wildman–Crippen LogP) is 3.22. The predicted molar refractivity (Wildman–Crippen MR) is 81.7 cm³/mol. The van der Waals surface area contributed by atoms with E-state index in [-0.39, 0.29) is 0 Å². The van der Waals surface area contributed by atoms with Gasteiger partial charge in [-0.2, -0.15) is 10.4 Å². The summed E-state index contributed by atoms with van der Waals surface area (Å²) in [5, 5.41) is 16.1. The molecule has 4 nitrogen and oxygen atoms in total. The molecular weight excluding hydrogens is 260 g/mol. The number of rotatable bonds is 3. The first-order valence-electron chi connectivity index (χ1n) is 7.51. The van der Waals surface area contributed by atoms with Crippen molar-refractivity contribution in [3.05, 3.63) is 53.3 Å². The number of hydrogen-bond acceptors (Lipinski definition) is 3. The van der Waals surface area contributed by atoms with E-state index in [0.29, 0.717) is 12.0 Å². The van der Waals surface area contributed by atoms with Gasteiger partial charge in [-0.15, -0.1) is 0 Å². The second kappa shape index (κ2) is 6.11. The van der Waals surface area contributed by atoms with Crippen LogP contribution in [0.25, 0.3) is 0 Å². The van der Waals surface area contributed by atoms with Gasteiger partial charge in [0, 0.05) is 30.4 Å². The number of nitrogens with zero attached hydrogens (tertiary/aromatic N) is 3. The Morgan fingerprint density at radius 3 is 2.81 bits per heavy atom. The number of aromatic amines is 1. The number of hydrogen-bond donors (Lipinski definition) is 1. The van der Waals surface area contributed by atoms with Crippen molar-refractivity contribution in [2.75, 3.05) is 13.1 Å². The van der Waals surface area contributed by atoms with Gasteiger partial charge < -0.3 is 0 Å². The number of likely N-dealkylation sites (tertiary alicyclic amines) is 1. The van der Waals surface area contributed by atoms with Crippen molar-refractivity contribution >= 4 is 0 Å². The van der Waals surface area contributed by atoms with E-state index in [2.05, 4.69) is 46.3 Å². The number of aromatic nitrogens is 2. The highest BCUT2D eigenvalue weighted by Crippen LogP contribution is 2.31. The molecule has 1 saturated heterocycles. The van der Waals surface area contributed by atoms with E-state index < -0.39 is 0 Å². The van der Waals surface area contributed by atoms with Gasteiger partial charge >= 0.3 is 0 Å². The molecule has 0 amide bonds. The van der Waals surface area contributed by atoms with E-state index in [1.54, 1.807) is 0 Å². The summed E-state index contributed by atoms with van der Waals surface area (Å²) in [5.41, 5.74) is 3.24. The Balaban J connectivity index is 1.71. The lowest BCUT2D eigenvalue weighted by Crippen LogP contribution is -2.36. The molecule has 3 rings (SSSR count). The largest absolute Gasteiger partial charge is 0.296 e. The second-order valence-electron chi connectivity index (χ2n) is 5.76. The lowest BCUT2D eigenvalue weighted by atomic mass is 9.92. The fourth-order valence-corrected chi connectivity index (χ4v) is 3.15. The van der Waals surface area contributed by atoms with Crippen LogP contribution >= 0.6 is 0 Å². The maximum Gasteiger partial charge on any atom is 0.0991 e. The molecule has 1 N–H and O–H groups in total. The van der Waals surface area contributed by atoms with Crippen LogP contribution in [0.2, 0.25) is 0 Å². The Bertz CT molecular complexity index is 609. The maximum absolute atomic E-state index is 8.89. The summed E-state index contributed by atoms with van der Waals surface area (Å²) in [4.78, 5) is 2.52. The van der Waals surface area contributed by atoms with Gasteiger partial charge in [0.1, 0.15) is 0 Å². The molecule has 1 aliphatic rings. The summed E-state index contributed by atoms with van der Waals surface area (Å²) >= 11 is 0. The zero-order valence-corrected chi connectivity index (χ0v) is 12.3. The molecule has 21 heavy (non-hydrogen) atoms. The zero-order valence-electron chi connectivity index (χ0n) is 12.3. The summed E-state index contributed by atoms with van der Waals surface area (Å²) in [5.74, 6) is 0.544. The van der Waals surface area contributed by atoms with Crippen LogP contribution in [-0.2, 0) is 0 Å². The average molecular weight is 280 g/mol. The third kappa shape index (κ3) is 2.98. The van der Waals surface area contributed by atoms with Gasteiger partial charge in [-0.3, -0.25) is 10.00 Å². The highest BCUT2D eigenvalue weighted by Gasteiger charge is 2.25. The first kappa shape index (κ1) is 13.8. The summed E-state index contributed by atoms with van der Waals surface area (Å²) in [6, 6.07) is 12.6. The SMILES string of the molecule is CC(c1ccc(C#N)cc1)N1CCCC(c2ccn[nH]2)C1. The van der Waals surface area contributed by atoms with Crippen LogP contribution in [0.1, 0.15) is 48.5 Å². The lowest BCUT2D eigenvalue weighted by Gasteiger charge is -2.36. The van der Waals surface area contributed by atoms with Gasteiger partial charge in [-0.1, -0.05) is 12.1 Å². The molecule has 0 aliphatic carbocycles. The van der Waals surface area contributed by atoms with Crippen molar-refractivity contribution in [1.29, 1.82) is 5.26 Å². The highest BCUT2D eigenvalue weighted by molar-refractivity contribution is 5.32. The van der Waals surface area contributed by atoms with Crippen LogP contribution in [0, 0.1) is 11.3 Å². The first-order chi connectivity index (χ1) is 10.3. The Hall–Kier alpha value is -2.12. The van der Waals surface area contributed by atoms with Crippen molar-refractivity contribution in [3.63, 3.8) is 0 Å². The molecule has 1 aliphatic heterocycles. The molecule has 108 valence electrons. The van der Waals surface area contributed by atoms with Crippen LogP contribution in [0.5, 0.6) is 0 Å². The molecule has 2 aromatic rings. The van der Waals surface area contributed by atoms with Crippen LogP contribution in [0.3, 0.4) is 0 Å². The molecule has 2 unspecified atom stereocenters. The number of H-pyrrole nitrogens is 1. The van der Waals surface area contributed by atoms with Gasteiger partial charge in [0.05, 0.1) is 11.6 Å². The Kier molecular flexibility index (Phi) is 4.03. The number of nitriles is 1. The molecule has 2 atom stereocenters. The van der Waals surface area contributed by atoms with Crippen LogP contribution in [0.4, 0.5) is 0 Å². The maximum atomic E-state index is 8.89. The third-order valence-electron chi connectivity index (χ3n) is 4.48. The summed E-state index contributed by atoms with van der Waals surface area (Å²) in [7, 11) is 0. The molecule has 0 bridgehead atoms. The number of benzene rings is 1. The van der Waals surface area contributed by atoms with Gasteiger partial charge in [0.25, 0.3) is 0 Å². The van der Waals surface area contributed by atoms with Crippen molar-refractivity contribution in [3.8, 4) is 6.07 Å². The van der Waals surface area contributed by atoms with Gasteiger partial charge in [0.15, 0.2) is 0 Å². The van der Waals surface area contributed by atoms with E-state index >= 15 is 0 Å². The molecule has 4 heteroatoms. The third-order valence-corrected chi connectivity index (χ3v) is 4.48. The fourth-order valence-electron chi connectivity index (χ4n) is 3.15. The summed E-state index contributed by atoms with van der Waals surface area (Å²) in [6.45, 7) is 4.44. The van der Waals surface area contributed by atoms with E-state index in [0.717, 1.165) is 18.7 Å². The quantitative estimate of drug-likeness (QED) is 0.939. The Labute approximate surface area is 125 Å². The van der Waals surface area contributed by atoms with Crippen molar-refractivity contribution in [1.82, 2.24) is 15.1 Å². The Morgan fingerprint density at radius 2 is 2.14 bits per heavy atom. The minimum Gasteiger partial charge on any atom is -0.296 e. The molecule has 0 radical (unpaired) electrons. The van der Waals surface area contributed by atoms with Crippen LogP contribution < -0.4 is 0 Å². The molecule has 2 heterocycles. The molecule has 0 saturated carbocycles. The minimum atomic E-state index is 0.378. The molecule has 1 aromatic carbocycles. The fraction of sp³-hybridized carbons (Fsp3) is 0.412. The molecule has 1 aromatic heterocycles. The minimum absolute atomic E-state index is 0.378. The molecule has 0 spiro atoms. The summed E-state index contributed by atoms with van der Waals surface area (Å²) < 4.78 is 0.